The van der Waals surface area contributed by atoms with Crippen molar-refractivity contribution in [3.05, 3.63) is 57.8 Å². The molecule has 0 bridgehead atoms. The standard InChI is InChI=1S/C17H18N4O3/c1-17(2,3)20-11-12(10-18)8-15(20)19-16(22)9-13-6-4-5-7-14(13)21(23)24/h4-8,11H,9H2,1-3H3,(H,19,22). The Hall–Kier alpha value is -3.14. The van der Waals surface area contributed by atoms with Crippen LogP contribution in [0.15, 0.2) is 36.5 Å². The molecule has 1 aromatic carbocycles. The maximum Gasteiger partial charge on any atom is 0.273 e. The second kappa shape index (κ2) is 6.54. The van der Waals surface area contributed by atoms with Crippen LogP contribution in [-0.2, 0) is 16.8 Å². The number of nitriles is 1. The zero-order valence-corrected chi connectivity index (χ0v) is 13.7. The van der Waals surface area contributed by atoms with E-state index in [9.17, 15) is 14.9 Å². The number of hydrogen-bond donors (Lipinski definition) is 1. The lowest BCUT2D eigenvalue weighted by molar-refractivity contribution is -0.385. The number of rotatable bonds is 4. The number of nitrogens with one attached hydrogen (secondary N) is 1. The van der Waals surface area contributed by atoms with E-state index in [2.05, 4.69) is 5.32 Å². The van der Waals surface area contributed by atoms with Crippen LogP contribution in [0, 0.1) is 21.4 Å². The smallest absolute Gasteiger partial charge is 0.273 e. The lowest BCUT2D eigenvalue weighted by Crippen LogP contribution is -2.25. The lowest BCUT2D eigenvalue weighted by Gasteiger charge is -2.24. The topological polar surface area (TPSA) is 101 Å². The second-order valence-corrected chi connectivity index (χ2v) is 6.38. The summed E-state index contributed by atoms with van der Waals surface area (Å²) in [5, 5.41) is 22.8. The van der Waals surface area contributed by atoms with Crippen LogP contribution in [-0.4, -0.2) is 15.4 Å². The predicted octanol–water partition coefficient (Wildman–Crippen LogP) is 3.20. The van der Waals surface area contributed by atoms with Crippen molar-refractivity contribution in [2.24, 2.45) is 0 Å². The molecule has 1 aromatic heterocycles. The maximum absolute atomic E-state index is 12.3. The van der Waals surface area contributed by atoms with Gasteiger partial charge in [-0.2, -0.15) is 5.26 Å². The number of hydrogen-bond acceptors (Lipinski definition) is 4. The quantitative estimate of drug-likeness (QED) is 0.688. The molecule has 0 unspecified atom stereocenters. The van der Waals surface area contributed by atoms with Crippen LogP contribution in [0.25, 0.3) is 0 Å². The summed E-state index contributed by atoms with van der Waals surface area (Å²) >= 11 is 0. The van der Waals surface area contributed by atoms with Gasteiger partial charge >= 0.3 is 0 Å². The molecule has 24 heavy (non-hydrogen) atoms. The van der Waals surface area contributed by atoms with E-state index in [0.717, 1.165) is 0 Å². The molecule has 2 aromatic rings. The highest BCUT2D eigenvalue weighted by molar-refractivity contribution is 5.92. The van der Waals surface area contributed by atoms with Gasteiger partial charge in [0.2, 0.25) is 5.91 Å². The molecule has 124 valence electrons. The van der Waals surface area contributed by atoms with Crippen molar-refractivity contribution in [3.63, 3.8) is 0 Å². The molecule has 1 amide bonds. The number of benzene rings is 1. The highest BCUT2D eigenvalue weighted by Crippen LogP contribution is 2.24. The van der Waals surface area contributed by atoms with E-state index in [1.165, 1.54) is 6.07 Å². The minimum absolute atomic E-state index is 0.0865. The van der Waals surface area contributed by atoms with Crippen molar-refractivity contribution in [2.45, 2.75) is 32.7 Å². The Morgan fingerprint density at radius 3 is 2.62 bits per heavy atom. The number of aromatic nitrogens is 1. The van der Waals surface area contributed by atoms with Gasteiger partial charge in [0.1, 0.15) is 11.9 Å². The SMILES string of the molecule is CC(C)(C)n1cc(C#N)cc1NC(=O)Cc1ccccc1[N+](=O)[O-]. The first-order valence-corrected chi connectivity index (χ1v) is 7.37. The van der Waals surface area contributed by atoms with Gasteiger partial charge in [0, 0.05) is 23.4 Å². The molecule has 2 rings (SSSR count). The Labute approximate surface area is 139 Å². The summed E-state index contributed by atoms with van der Waals surface area (Å²) < 4.78 is 1.79. The van der Waals surface area contributed by atoms with Crippen molar-refractivity contribution in [1.82, 2.24) is 4.57 Å². The lowest BCUT2D eigenvalue weighted by atomic mass is 10.1. The first-order chi connectivity index (χ1) is 11.2. The molecule has 7 heteroatoms. The number of anilines is 1. The van der Waals surface area contributed by atoms with Gasteiger partial charge in [-0.25, -0.2) is 0 Å². The minimum Gasteiger partial charge on any atom is -0.328 e. The van der Waals surface area contributed by atoms with Gasteiger partial charge < -0.3 is 9.88 Å². The summed E-state index contributed by atoms with van der Waals surface area (Å²) in [5.74, 6) is 0.111. The molecule has 1 heterocycles. The van der Waals surface area contributed by atoms with Crippen molar-refractivity contribution < 1.29 is 9.72 Å². The molecule has 0 aliphatic heterocycles. The zero-order valence-electron chi connectivity index (χ0n) is 13.7. The molecule has 0 aliphatic carbocycles. The van der Waals surface area contributed by atoms with Crippen LogP contribution in [0.4, 0.5) is 11.5 Å². The van der Waals surface area contributed by atoms with Crippen LogP contribution >= 0.6 is 0 Å². The Bertz CT molecular complexity index is 825. The molecular formula is C17H18N4O3. The summed E-state index contributed by atoms with van der Waals surface area (Å²) in [6.07, 6.45) is 1.55. The van der Waals surface area contributed by atoms with Crippen LogP contribution in [0.1, 0.15) is 31.9 Å². The van der Waals surface area contributed by atoms with Crippen LogP contribution in [0.2, 0.25) is 0 Å². The second-order valence-electron chi connectivity index (χ2n) is 6.38. The van der Waals surface area contributed by atoms with Crippen molar-refractivity contribution >= 4 is 17.4 Å². The number of carbonyl (C=O) groups excluding carboxylic acids is 1. The highest BCUT2D eigenvalue weighted by Gasteiger charge is 2.21. The van der Waals surface area contributed by atoms with Crippen molar-refractivity contribution in [3.8, 4) is 6.07 Å². The van der Waals surface area contributed by atoms with Gasteiger partial charge in [-0.3, -0.25) is 14.9 Å². The summed E-state index contributed by atoms with van der Waals surface area (Å²) in [6.45, 7) is 5.85. The Morgan fingerprint density at radius 2 is 2.04 bits per heavy atom. The molecule has 0 saturated heterocycles. The molecule has 1 N–H and O–H groups in total. The zero-order chi connectivity index (χ0) is 17.9. The largest absolute Gasteiger partial charge is 0.328 e. The van der Waals surface area contributed by atoms with Gasteiger partial charge in [0.25, 0.3) is 5.69 Å². The monoisotopic (exact) mass is 326 g/mol. The Morgan fingerprint density at radius 1 is 1.38 bits per heavy atom. The van der Waals surface area contributed by atoms with Gasteiger partial charge in [0.15, 0.2) is 0 Å². The van der Waals surface area contributed by atoms with E-state index < -0.39 is 4.92 Å². The third kappa shape index (κ3) is 3.79. The van der Waals surface area contributed by atoms with E-state index in [0.29, 0.717) is 16.9 Å². The number of nitro groups is 1. The van der Waals surface area contributed by atoms with E-state index in [4.69, 9.17) is 5.26 Å². The van der Waals surface area contributed by atoms with E-state index in [1.54, 1.807) is 35.0 Å². The number of amides is 1. The third-order valence-corrected chi connectivity index (χ3v) is 3.48. The minimum atomic E-state index is -0.506. The van der Waals surface area contributed by atoms with Crippen molar-refractivity contribution in [2.75, 3.05) is 5.32 Å². The van der Waals surface area contributed by atoms with Gasteiger partial charge in [0.05, 0.1) is 16.9 Å². The van der Waals surface area contributed by atoms with Crippen LogP contribution in [0.3, 0.4) is 0 Å². The molecule has 0 atom stereocenters. The van der Waals surface area contributed by atoms with E-state index >= 15 is 0 Å². The average Bonchev–Trinajstić information content (AvgIpc) is 2.90. The summed E-state index contributed by atoms with van der Waals surface area (Å²) in [6, 6.07) is 9.77. The van der Waals surface area contributed by atoms with E-state index in [1.807, 2.05) is 26.8 Å². The highest BCUT2D eigenvalue weighted by atomic mass is 16.6. The fourth-order valence-corrected chi connectivity index (χ4v) is 2.37. The molecule has 0 saturated carbocycles. The number of nitro benzene ring substituents is 1. The maximum atomic E-state index is 12.3. The number of nitrogens with zero attached hydrogens (tertiary/aromatic N) is 3. The summed E-state index contributed by atoms with van der Waals surface area (Å²) in [7, 11) is 0. The van der Waals surface area contributed by atoms with Gasteiger partial charge in [-0.15, -0.1) is 0 Å². The van der Waals surface area contributed by atoms with Gasteiger partial charge in [-0.1, -0.05) is 18.2 Å². The van der Waals surface area contributed by atoms with Crippen LogP contribution in [0.5, 0.6) is 0 Å². The normalized spacial score (nSPS) is 10.9. The fourth-order valence-electron chi connectivity index (χ4n) is 2.37. The van der Waals surface area contributed by atoms with E-state index in [-0.39, 0.29) is 23.6 Å². The number of para-hydroxylation sites is 1. The molecule has 7 nitrogen and oxygen atoms in total. The summed E-state index contributed by atoms with van der Waals surface area (Å²) in [4.78, 5) is 22.8. The molecule has 0 aliphatic rings. The van der Waals surface area contributed by atoms with Crippen molar-refractivity contribution in [1.29, 1.82) is 5.26 Å². The predicted molar refractivity (Wildman–Crippen MR) is 89.6 cm³/mol. The molecule has 0 radical (unpaired) electrons. The fraction of sp³-hybridized carbons (Fsp3) is 0.294. The number of carbonyl (C=O) groups is 1. The Kier molecular flexibility index (Phi) is 4.69. The van der Waals surface area contributed by atoms with Crippen LogP contribution < -0.4 is 5.32 Å². The third-order valence-electron chi connectivity index (χ3n) is 3.48. The summed E-state index contributed by atoms with van der Waals surface area (Å²) in [5.41, 5.74) is 0.369. The molecule has 0 spiro atoms. The average molecular weight is 326 g/mol. The molecular weight excluding hydrogens is 308 g/mol. The first-order valence-electron chi connectivity index (χ1n) is 7.37. The van der Waals surface area contributed by atoms with Gasteiger partial charge in [-0.05, 0) is 26.8 Å². The molecule has 0 fully saturated rings. The Balaban J connectivity index is 2.24. The first kappa shape index (κ1) is 17.2.